The van der Waals surface area contributed by atoms with E-state index in [4.69, 9.17) is 32.7 Å². The summed E-state index contributed by atoms with van der Waals surface area (Å²) in [5.74, 6) is -2.14. The van der Waals surface area contributed by atoms with Gasteiger partial charge in [0.25, 0.3) is 0 Å². The summed E-state index contributed by atoms with van der Waals surface area (Å²) in [6, 6.07) is 1.27. The highest BCUT2D eigenvalue weighted by atomic mass is 35.5. The first kappa shape index (κ1) is 12.5. The molecule has 1 heterocycles. The molecule has 6 heteroatoms. The molecule has 1 N–H and O–H groups in total. The molecule has 1 aliphatic rings. The molecule has 0 spiro atoms. The van der Waals surface area contributed by atoms with Crippen LogP contribution in [0, 0.1) is 0 Å². The number of fused-ring (bicyclic) bond motifs is 1. The summed E-state index contributed by atoms with van der Waals surface area (Å²) >= 11 is 11.7. The lowest BCUT2D eigenvalue weighted by atomic mass is 10.0. The smallest absolute Gasteiger partial charge is 0.343 e. The Labute approximate surface area is 108 Å². The molecule has 0 fully saturated rings. The monoisotopic (exact) mass is 276 g/mol. The fraction of sp³-hybridized carbons (Fsp3) is 0.364. The normalized spacial score (nSPS) is 22.5. The number of halogens is 2. The van der Waals surface area contributed by atoms with Gasteiger partial charge in [-0.2, -0.15) is 0 Å². The molecule has 1 atom stereocenters. The number of carbonyl (C=O) groups is 1. The number of carbonyl (C=O) groups excluding carboxylic acids is 1. The molecule has 1 aliphatic heterocycles. The van der Waals surface area contributed by atoms with E-state index >= 15 is 0 Å². The number of benzene rings is 1. The Morgan fingerprint density at radius 3 is 2.76 bits per heavy atom. The Bertz CT molecular complexity index is 501. The van der Waals surface area contributed by atoms with Crippen LogP contribution in [0.1, 0.15) is 29.8 Å². The lowest BCUT2D eigenvalue weighted by molar-refractivity contribution is -0.188. The van der Waals surface area contributed by atoms with Crippen LogP contribution in [-0.4, -0.2) is 17.7 Å². The molecule has 1 aromatic carbocycles. The predicted molar refractivity (Wildman–Crippen MR) is 62.5 cm³/mol. The Hall–Kier alpha value is -0.970. The molecule has 1 unspecified atom stereocenters. The second kappa shape index (κ2) is 4.05. The standard InChI is InChI=1S/C11H10Cl2O4/c1-3-16-11(2)8-6(14)4-5(12)9(13)7(8)10(15)17-11/h4,14H,3H2,1-2H3. The number of hydrogen-bond acceptors (Lipinski definition) is 4. The third kappa shape index (κ3) is 1.76. The molecule has 17 heavy (non-hydrogen) atoms. The molecule has 0 aromatic heterocycles. The Kier molecular flexibility index (Phi) is 2.97. The van der Waals surface area contributed by atoms with E-state index in [-0.39, 0.29) is 26.9 Å². The summed E-state index contributed by atoms with van der Waals surface area (Å²) in [6.45, 7) is 3.62. The molecule has 2 rings (SSSR count). The molecule has 0 saturated heterocycles. The van der Waals surface area contributed by atoms with Gasteiger partial charge in [0.1, 0.15) is 5.75 Å². The minimum atomic E-state index is -1.32. The average Bonchev–Trinajstić information content (AvgIpc) is 2.48. The van der Waals surface area contributed by atoms with Crippen LogP contribution in [0.2, 0.25) is 10.0 Å². The number of cyclic esters (lactones) is 1. The van der Waals surface area contributed by atoms with Gasteiger partial charge in [-0.15, -0.1) is 0 Å². The molecule has 0 radical (unpaired) electrons. The summed E-state index contributed by atoms with van der Waals surface area (Å²) in [6.07, 6.45) is 0. The Morgan fingerprint density at radius 1 is 1.53 bits per heavy atom. The number of phenolic OH excluding ortho intramolecular Hbond substituents is 1. The first-order chi connectivity index (χ1) is 7.90. The van der Waals surface area contributed by atoms with Gasteiger partial charge in [0, 0.05) is 19.6 Å². The minimum Gasteiger partial charge on any atom is -0.507 e. The van der Waals surface area contributed by atoms with Crippen LogP contribution in [0.3, 0.4) is 0 Å². The van der Waals surface area contributed by atoms with Crippen molar-refractivity contribution in [3.8, 4) is 5.75 Å². The third-order valence-electron chi connectivity index (χ3n) is 2.56. The van der Waals surface area contributed by atoms with Crippen molar-refractivity contribution in [3.63, 3.8) is 0 Å². The van der Waals surface area contributed by atoms with Crippen molar-refractivity contribution in [2.75, 3.05) is 6.61 Å². The number of hydrogen-bond donors (Lipinski definition) is 1. The van der Waals surface area contributed by atoms with E-state index in [1.54, 1.807) is 13.8 Å². The molecular formula is C11H10Cl2O4. The molecule has 0 amide bonds. The zero-order valence-electron chi connectivity index (χ0n) is 9.21. The van der Waals surface area contributed by atoms with E-state index in [2.05, 4.69) is 0 Å². The van der Waals surface area contributed by atoms with Gasteiger partial charge in [0.2, 0.25) is 5.79 Å². The van der Waals surface area contributed by atoms with E-state index in [9.17, 15) is 9.90 Å². The minimum absolute atomic E-state index is 0.0626. The van der Waals surface area contributed by atoms with Crippen molar-refractivity contribution in [1.82, 2.24) is 0 Å². The molecule has 0 saturated carbocycles. The molecule has 1 aromatic rings. The van der Waals surface area contributed by atoms with Gasteiger partial charge in [-0.1, -0.05) is 23.2 Å². The van der Waals surface area contributed by atoms with Gasteiger partial charge in [0.05, 0.1) is 21.2 Å². The van der Waals surface area contributed by atoms with Crippen molar-refractivity contribution in [2.24, 2.45) is 0 Å². The van der Waals surface area contributed by atoms with E-state index in [1.165, 1.54) is 6.07 Å². The average molecular weight is 277 g/mol. The highest BCUT2D eigenvalue weighted by Gasteiger charge is 2.47. The fourth-order valence-corrected chi connectivity index (χ4v) is 2.34. The van der Waals surface area contributed by atoms with Crippen LogP contribution in [-0.2, 0) is 15.3 Å². The van der Waals surface area contributed by atoms with Crippen molar-refractivity contribution < 1.29 is 19.4 Å². The van der Waals surface area contributed by atoms with Crippen LogP contribution in [0.5, 0.6) is 5.75 Å². The second-order valence-corrected chi connectivity index (χ2v) is 4.49. The Balaban J connectivity index is 2.71. The second-order valence-electron chi connectivity index (χ2n) is 3.71. The molecular weight excluding hydrogens is 267 g/mol. The van der Waals surface area contributed by atoms with Gasteiger partial charge in [0.15, 0.2) is 0 Å². The highest BCUT2D eigenvalue weighted by molar-refractivity contribution is 6.44. The highest BCUT2D eigenvalue weighted by Crippen LogP contribution is 2.47. The number of esters is 1. The summed E-state index contributed by atoms with van der Waals surface area (Å²) in [5, 5.41) is 10.0. The number of phenols is 1. The van der Waals surface area contributed by atoms with Gasteiger partial charge in [-0.25, -0.2) is 4.79 Å². The zero-order chi connectivity index (χ0) is 12.8. The van der Waals surface area contributed by atoms with Crippen molar-refractivity contribution >= 4 is 29.2 Å². The summed E-state index contributed by atoms with van der Waals surface area (Å²) < 4.78 is 10.5. The Morgan fingerprint density at radius 2 is 2.18 bits per heavy atom. The van der Waals surface area contributed by atoms with E-state index < -0.39 is 11.8 Å². The van der Waals surface area contributed by atoms with E-state index in [0.717, 1.165) is 0 Å². The van der Waals surface area contributed by atoms with Crippen molar-refractivity contribution in [3.05, 3.63) is 27.2 Å². The maximum atomic E-state index is 11.7. The molecule has 0 bridgehead atoms. The predicted octanol–water partition coefficient (Wildman–Crippen LogP) is 3.08. The van der Waals surface area contributed by atoms with Crippen molar-refractivity contribution in [1.29, 1.82) is 0 Å². The third-order valence-corrected chi connectivity index (χ3v) is 3.35. The number of rotatable bonds is 2. The summed E-state index contributed by atoms with van der Waals surface area (Å²) in [5.41, 5.74) is 0.284. The maximum Gasteiger partial charge on any atom is 0.343 e. The van der Waals surface area contributed by atoms with Crippen LogP contribution in [0.4, 0.5) is 0 Å². The largest absolute Gasteiger partial charge is 0.507 e. The van der Waals surface area contributed by atoms with Gasteiger partial charge < -0.3 is 14.6 Å². The first-order valence-electron chi connectivity index (χ1n) is 4.99. The summed E-state index contributed by atoms with van der Waals surface area (Å²) in [4.78, 5) is 11.7. The van der Waals surface area contributed by atoms with Crippen LogP contribution in [0.15, 0.2) is 6.07 Å². The van der Waals surface area contributed by atoms with Gasteiger partial charge in [-0.05, 0) is 6.92 Å². The molecule has 4 nitrogen and oxygen atoms in total. The van der Waals surface area contributed by atoms with Gasteiger partial charge >= 0.3 is 5.97 Å². The van der Waals surface area contributed by atoms with Gasteiger partial charge in [-0.3, -0.25) is 0 Å². The lowest BCUT2D eigenvalue weighted by Gasteiger charge is -2.24. The SMILES string of the molecule is CCOC1(C)OC(=O)c2c(Cl)c(Cl)cc(O)c21. The first-order valence-corrected chi connectivity index (χ1v) is 5.75. The molecule has 0 aliphatic carbocycles. The molecule has 92 valence electrons. The van der Waals surface area contributed by atoms with E-state index in [0.29, 0.717) is 6.61 Å². The van der Waals surface area contributed by atoms with Crippen molar-refractivity contribution in [2.45, 2.75) is 19.6 Å². The van der Waals surface area contributed by atoms with Crippen LogP contribution >= 0.6 is 23.2 Å². The van der Waals surface area contributed by atoms with Crippen LogP contribution in [0.25, 0.3) is 0 Å². The maximum absolute atomic E-state index is 11.7. The lowest BCUT2D eigenvalue weighted by Crippen LogP contribution is -2.25. The quantitative estimate of drug-likeness (QED) is 0.844. The number of ether oxygens (including phenoxy) is 2. The fourth-order valence-electron chi connectivity index (χ4n) is 1.92. The number of aromatic hydroxyl groups is 1. The topological polar surface area (TPSA) is 55.8 Å². The summed E-state index contributed by atoms with van der Waals surface area (Å²) in [7, 11) is 0. The van der Waals surface area contributed by atoms with E-state index in [1.807, 2.05) is 0 Å². The zero-order valence-corrected chi connectivity index (χ0v) is 10.7. The van der Waals surface area contributed by atoms with Crippen LogP contribution < -0.4 is 0 Å².